The first-order valence-electron chi connectivity index (χ1n) is 6.31. The van der Waals surface area contributed by atoms with Crippen molar-refractivity contribution in [2.24, 2.45) is 0 Å². The number of hydrogen-bond donors (Lipinski definition) is 1. The molecule has 2 aliphatic heterocycles. The van der Waals surface area contributed by atoms with Crippen LogP contribution in [-0.2, 0) is 11.3 Å². The number of nitrogens with zero attached hydrogens (tertiary/aromatic N) is 2. The molecule has 3 heterocycles. The van der Waals surface area contributed by atoms with Gasteiger partial charge in [-0.15, -0.1) is 11.3 Å². The molecular weight excluding hydrogens is 234 g/mol. The number of hydrogen-bond acceptors (Lipinski definition) is 5. The lowest BCUT2D eigenvalue weighted by molar-refractivity contribution is -0.0502. The summed E-state index contributed by atoms with van der Waals surface area (Å²) >= 11 is 1.73. The fraction of sp³-hybridized carbons (Fsp3) is 0.750. The van der Waals surface area contributed by atoms with Gasteiger partial charge in [-0.2, -0.15) is 0 Å². The number of rotatable bonds is 3. The molecule has 2 fully saturated rings. The summed E-state index contributed by atoms with van der Waals surface area (Å²) in [6.45, 7) is 3.98. The third kappa shape index (κ3) is 2.38. The predicted molar refractivity (Wildman–Crippen MR) is 68.2 cm³/mol. The van der Waals surface area contributed by atoms with Crippen LogP contribution in [-0.4, -0.2) is 42.7 Å². The summed E-state index contributed by atoms with van der Waals surface area (Å²) in [6.07, 6.45) is 2.82. The van der Waals surface area contributed by atoms with Gasteiger partial charge in [0.1, 0.15) is 11.1 Å². The van der Waals surface area contributed by atoms with E-state index in [9.17, 15) is 0 Å². The SMILES string of the molecule is CNCc1csc(C2CN3CCCC3CO2)n1. The lowest BCUT2D eigenvalue weighted by atomic mass is 10.2. The largest absolute Gasteiger partial charge is 0.368 e. The van der Waals surface area contributed by atoms with E-state index in [2.05, 4.69) is 20.6 Å². The minimum atomic E-state index is 0.194. The molecule has 0 saturated carbocycles. The molecule has 17 heavy (non-hydrogen) atoms. The summed E-state index contributed by atoms with van der Waals surface area (Å²) in [5, 5.41) is 6.40. The van der Waals surface area contributed by atoms with Crippen molar-refractivity contribution in [1.29, 1.82) is 0 Å². The number of fused-ring (bicyclic) bond motifs is 1. The molecule has 0 radical (unpaired) electrons. The summed E-state index contributed by atoms with van der Waals surface area (Å²) in [6, 6.07) is 0.669. The lowest BCUT2D eigenvalue weighted by Crippen LogP contribution is -2.42. The highest BCUT2D eigenvalue weighted by Gasteiger charge is 2.33. The number of ether oxygens (including phenoxy) is 1. The van der Waals surface area contributed by atoms with Crippen molar-refractivity contribution in [3.8, 4) is 0 Å². The van der Waals surface area contributed by atoms with E-state index in [1.165, 1.54) is 19.4 Å². The number of thiazole rings is 1. The maximum atomic E-state index is 5.96. The van der Waals surface area contributed by atoms with E-state index in [-0.39, 0.29) is 6.10 Å². The Kier molecular flexibility index (Phi) is 3.42. The Morgan fingerprint density at radius 2 is 2.59 bits per heavy atom. The number of aromatic nitrogens is 1. The van der Waals surface area contributed by atoms with Gasteiger partial charge in [-0.05, 0) is 26.4 Å². The molecule has 1 aromatic rings. The molecule has 0 spiro atoms. The molecule has 2 saturated heterocycles. The lowest BCUT2D eigenvalue weighted by Gasteiger charge is -2.34. The van der Waals surface area contributed by atoms with Gasteiger partial charge in [0.15, 0.2) is 0 Å². The van der Waals surface area contributed by atoms with Gasteiger partial charge in [0.05, 0.1) is 12.3 Å². The van der Waals surface area contributed by atoms with Gasteiger partial charge in [0.25, 0.3) is 0 Å². The van der Waals surface area contributed by atoms with Crippen LogP contribution in [0.4, 0.5) is 0 Å². The smallest absolute Gasteiger partial charge is 0.123 e. The molecule has 2 aliphatic rings. The Balaban J connectivity index is 1.67. The fourth-order valence-electron chi connectivity index (χ4n) is 2.70. The highest BCUT2D eigenvalue weighted by atomic mass is 32.1. The van der Waals surface area contributed by atoms with Crippen LogP contribution >= 0.6 is 11.3 Å². The van der Waals surface area contributed by atoms with Crippen molar-refractivity contribution >= 4 is 11.3 Å². The zero-order valence-corrected chi connectivity index (χ0v) is 11.0. The maximum Gasteiger partial charge on any atom is 0.123 e. The van der Waals surface area contributed by atoms with Crippen molar-refractivity contribution < 1.29 is 4.74 Å². The van der Waals surface area contributed by atoms with Gasteiger partial charge in [-0.1, -0.05) is 0 Å². The highest BCUT2D eigenvalue weighted by molar-refractivity contribution is 7.09. The summed E-state index contributed by atoms with van der Waals surface area (Å²) in [5.41, 5.74) is 1.12. The topological polar surface area (TPSA) is 37.4 Å². The molecule has 1 aromatic heterocycles. The first-order chi connectivity index (χ1) is 8.36. The molecule has 94 valence electrons. The van der Waals surface area contributed by atoms with Gasteiger partial charge in [0.2, 0.25) is 0 Å². The molecule has 2 unspecified atom stereocenters. The minimum absolute atomic E-state index is 0.194. The monoisotopic (exact) mass is 253 g/mol. The van der Waals surface area contributed by atoms with Gasteiger partial charge >= 0.3 is 0 Å². The molecule has 4 nitrogen and oxygen atoms in total. The second-order valence-electron chi connectivity index (χ2n) is 4.82. The third-order valence-corrected chi connectivity index (χ3v) is 4.58. The standard InChI is InChI=1S/C12H19N3OS/c1-13-5-9-8-17-12(14-9)11-6-15-4-2-3-10(15)7-16-11/h8,10-11,13H,2-7H2,1H3. The van der Waals surface area contributed by atoms with Crippen LogP contribution in [0.25, 0.3) is 0 Å². The van der Waals surface area contributed by atoms with E-state index in [1.54, 1.807) is 11.3 Å². The number of morpholine rings is 1. The second-order valence-corrected chi connectivity index (χ2v) is 5.71. The Hall–Kier alpha value is -0.490. The van der Waals surface area contributed by atoms with Crippen LogP contribution < -0.4 is 5.32 Å². The van der Waals surface area contributed by atoms with Gasteiger partial charge in [-0.3, -0.25) is 4.90 Å². The van der Waals surface area contributed by atoms with Crippen molar-refractivity contribution in [2.45, 2.75) is 31.5 Å². The third-order valence-electron chi connectivity index (χ3n) is 3.59. The maximum absolute atomic E-state index is 5.96. The molecule has 5 heteroatoms. The van der Waals surface area contributed by atoms with Crippen molar-refractivity contribution in [2.75, 3.05) is 26.7 Å². The van der Waals surface area contributed by atoms with E-state index in [0.717, 1.165) is 30.4 Å². The predicted octanol–water partition coefficient (Wildman–Crippen LogP) is 1.40. The first kappa shape index (κ1) is 11.6. The van der Waals surface area contributed by atoms with Crippen LogP contribution in [0.5, 0.6) is 0 Å². The molecule has 2 atom stereocenters. The summed E-state index contributed by atoms with van der Waals surface area (Å²) in [5.74, 6) is 0. The Morgan fingerprint density at radius 1 is 1.65 bits per heavy atom. The Morgan fingerprint density at radius 3 is 3.47 bits per heavy atom. The second kappa shape index (κ2) is 5.02. The number of nitrogens with one attached hydrogen (secondary N) is 1. The van der Waals surface area contributed by atoms with Crippen molar-refractivity contribution in [3.05, 3.63) is 16.1 Å². The van der Waals surface area contributed by atoms with Gasteiger partial charge in [-0.25, -0.2) is 4.98 Å². The summed E-state index contributed by atoms with van der Waals surface area (Å²) < 4.78 is 5.96. The molecule has 0 aromatic carbocycles. The average Bonchev–Trinajstić information content (AvgIpc) is 2.96. The van der Waals surface area contributed by atoms with E-state index < -0.39 is 0 Å². The molecule has 0 aliphatic carbocycles. The van der Waals surface area contributed by atoms with Crippen LogP contribution in [0.1, 0.15) is 29.6 Å². The summed E-state index contributed by atoms with van der Waals surface area (Å²) in [7, 11) is 1.95. The molecule has 0 amide bonds. The Bertz CT molecular complexity index is 382. The van der Waals surface area contributed by atoms with Crippen molar-refractivity contribution in [1.82, 2.24) is 15.2 Å². The van der Waals surface area contributed by atoms with Crippen LogP contribution in [0.3, 0.4) is 0 Å². The molecule has 3 rings (SSSR count). The van der Waals surface area contributed by atoms with E-state index in [0.29, 0.717) is 6.04 Å². The van der Waals surface area contributed by atoms with Crippen molar-refractivity contribution in [3.63, 3.8) is 0 Å². The van der Waals surface area contributed by atoms with Crippen LogP contribution in [0.2, 0.25) is 0 Å². The quantitative estimate of drug-likeness (QED) is 0.883. The zero-order valence-electron chi connectivity index (χ0n) is 10.2. The van der Waals surface area contributed by atoms with Gasteiger partial charge < -0.3 is 10.1 Å². The minimum Gasteiger partial charge on any atom is -0.368 e. The average molecular weight is 253 g/mol. The van der Waals surface area contributed by atoms with Crippen LogP contribution in [0, 0.1) is 0 Å². The molecule has 1 N–H and O–H groups in total. The fourth-order valence-corrected chi connectivity index (χ4v) is 3.56. The van der Waals surface area contributed by atoms with E-state index in [1.807, 2.05) is 7.05 Å². The van der Waals surface area contributed by atoms with Crippen LogP contribution in [0.15, 0.2) is 5.38 Å². The zero-order chi connectivity index (χ0) is 11.7. The van der Waals surface area contributed by atoms with Gasteiger partial charge in [0, 0.05) is 24.5 Å². The highest BCUT2D eigenvalue weighted by Crippen LogP contribution is 2.31. The Labute approximate surface area is 106 Å². The van der Waals surface area contributed by atoms with E-state index >= 15 is 0 Å². The molecular formula is C12H19N3OS. The normalized spacial score (nSPS) is 29.5. The van der Waals surface area contributed by atoms with E-state index in [4.69, 9.17) is 4.74 Å². The summed E-state index contributed by atoms with van der Waals surface area (Å²) in [4.78, 5) is 7.21. The first-order valence-corrected chi connectivity index (χ1v) is 7.19. The molecule has 0 bridgehead atoms.